The SMILES string of the molecule is Nc1ccc(NC2CCCOC2)c(C(=O)O)c1. The Morgan fingerprint density at radius 3 is 3.00 bits per heavy atom. The van der Waals surface area contributed by atoms with Gasteiger partial charge in [0.15, 0.2) is 0 Å². The molecule has 1 fully saturated rings. The van der Waals surface area contributed by atoms with Crippen LogP contribution in [0.1, 0.15) is 23.2 Å². The zero-order chi connectivity index (χ0) is 12.3. The number of nitrogen functional groups attached to an aromatic ring is 1. The predicted octanol–water partition coefficient (Wildman–Crippen LogP) is 1.56. The second kappa shape index (κ2) is 5.05. The third kappa shape index (κ3) is 2.88. The largest absolute Gasteiger partial charge is 0.478 e. The number of rotatable bonds is 3. The Labute approximate surface area is 99.6 Å². The lowest BCUT2D eigenvalue weighted by molar-refractivity contribution is 0.0696. The van der Waals surface area contributed by atoms with Crippen LogP contribution < -0.4 is 11.1 Å². The van der Waals surface area contributed by atoms with Crippen LogP contribution in [0, 0.1) is 0 Å². The van der Waals surface area contributed by atoms with Crippen molar-refractivity contribution in [1.82, 2.24) is 0 Å². The second-order valence-corrected chi connectivity index (χ2v) is 4.17. The minimum Gasteiger partial charge on any atom is -0.478 e. The average molecular weight is 236 g/mol. The van der Waals surface area contributed by atoms with Crippen LogP contribution in [0.4, 0.5) is 11.4 Å². The van der Waals surface area contributed by atoms with E-state index in [1.54, 1.807) is 12.1 Å². The van der Waals surface area contributed by atoms with Crippen molar-refractivity contribution in [1.29, 1.82) is 0 Å². The van der Waals surface area contributed by atoms with Gasteiger partial charge in [0.1, 0.15) is 0 Å². The zero-order valence-corrected chi connectivity index (χ0v) is 9.48. The molecule has 1 unspecified atom stereocenters. The van der Waals surface area contributed by atoms with Gasteiger partial charge in [-0.05, 0) is 31.0 Å². The van der Waals surface area contributed by atoms with E-state index in [0.717, 1.165) is 19.4 Å². The van der Waals surface area contributed by atoms with Gasteiger partial charge in [-0.1, -0.05) is 0 Å². The van der Waals surface area contributed by atoms with Gasteiger partial charge in [-0.3, -0.25) is 0 Å². The second-order valence-electron chi connectivity index (χ2n) is 4.17. The molecule has 0 spiro atoms. The number of carbonyl (C=O) groups is 1. The lowest BCUT2D eigenvalue weighted by Crippen LogP contribution is -2.30. The van der Waals surface area contributed by atoms with Crippen molar-refractivity contribution < 1.29 is 14.6 Å². The van der Waals surface area contributed by atoms with Crippen LogP contribution in [0.3, 0.4) is 0 Å². The first kappa shape index (κ1) is 11.7. The van der Waals surface area contributed by atoms with Crippen molar-refractivity contribution in [2.75, 3.05) is 24.3 Å². The Hall–Kier alpha value is -1.75. The van der Waals surface area contributed by atoms with Gasteiger partial charge >= 0.3 is 5.97 Å². The van der Waals surface area contributed by atoms with Crippen molar-refractivity contribution in [2.45, 2.75) is 18.9 Å². The minimum absolute atomic E-state index is 0.172. The zero-order valence-electron chi connectivity index (χ0n) is 9.48. The van der Waals surface area contributed by atoms with E-state index in [-0.39, 0.29) is 11.6 Å². The van der Waals surface area contributed by atoms with E-state index >= 15 is 0 Å². The quantitative estimate of drug-likeness (QED) is 0.693. The van der Waals surface area contributed by atoms with Crippen LogP contribution in [0.25, 0.3) is 0 Å². The molecule has 5 nitrogen and oxygen atoms in total. The van der Waals surface area contributed by atoms with Crippen molar-refractivity contribution in [2.24, 2.45) is 0 Å². The standard InChI is InChI=1S/C12H16N2O3/c13-8-3-4-11(10(6-8)12(15)16)14-9-2-1-5-17-7-9/h3-4,6,9,14H,1-2,5,7,13H2,(H,15,16). The first-order valence-corrected chi connectivity index (χ1v) is 5.64. The topological polar surface area (TPSA) is 84.6 Å². The van der Waals surface area contributed by atoms with E-state index in [1.165, 1.54) is 6.07 Å². The number of hydrogen-bond donors (Lipinski definition) is 3. The van der Waals surface area contributed by atoms with Crippen molar-refractivity contribution >= 4 is 17.3 Å². The third-order valence-corrected chi connectivity index (χ3v) is 2.79. The summed E-state index contributed by atoms with van der Waals surface area (Å²) in [5.41, 5.74) is 6.84. The van der Waals surface area contributed by atoms with E-state index in [0.29, 0.717) is 18.0 Å². The molecule has 1 aromatic rings. The highest BCUT2D eigenvalue weighted by Gasteiger charge is 2.17. The Morgan fingerprint density at radius 2 is 2.35 bits per heavy atom. The van der Waals surface area contributed by atoms with Crippen molar-refractivity contribution in [3.05, 3.63) is 23.8 Å². The van der Waals surface area contributed by atoms with Crippen molar-refractivity contribution in [3.8, 4) is 0 Å². The van der Waals surface area contributed by atoms with E-state index < -0.39 is 5.97 Å². The summed E-state index contributed by atoms with van der Waals surface area (Å²) in [6.45, 7) is 1.40. The van der Waals surface area contributed by atoms with Gasteiger partial charge in [-0.15, -0.1) is 0 Å². The number of nitrogens with one attached hydrogen (secondary N) is 1. The fourth-order valence-corrected chi connectivity index (χ4v) is 1.94. The monoisotopic (exact) mass is 236 g/mol. The molecule has 0 bridgehead atoms. The first-order chi connectivity index (χ1) is 8.16. The summed E-state index contributed by atoms with van der Waals surface area (Å²) in [6.07, 6.45) is 1.98. The number of nitrogens with two attached hydrogens (primary N) is 1. The molecule has 1 aromatic carbocycles. The highest BCUT2D eigenvalue weighted by molar-refractivity contribution is 5.95. The lowest BCUT2D eigenvalue weighted by Gasteiger charge is -2.24. The Morgan fingerprint density at radius 1 is 1.53 bits per heavy atom. The fourth-order valence-electron chi connectivity index (χ4n) is 1.94. The minimum atomic E-state index is -0.975. The molecule has 5 heteroatoms. The Balaban J connectivity index is 2.16. The van der Waals surface area contributed by atoms with Gasteiger partial charge < -0.3 is 20.9 Å². The molecule has 0 aromatic heterocycles. The summed E-state index contributed by atoms with van der Waals surface area (Å²) in [6, 6.07) is 5.03. The number of hydrogen-bond acceptors (Lipinski definition) is 4. The number of ether oxygens (including phenoxy) is 1. The normalized spacial score (nSPS) is 19.9. The molecule has 1 saturated heterocycles. The molecular formula is C12H16N2O3. The van der Waals surface area contributed by atoms with Crippen LogP contribution in [-0.2, 0) is 4.74 Å². The molecule has 2 rings (SSSR count). The smallest absolute Gasteiger partial charge is 0.337 e. The van der Waals surface area contributed by atoms with Crippen LogP contribution in [0.5, 0.6) is 0 Å². The maximum absolute atomic E-state index is 11.1. The molecule has 92 valence electrons. The summed E-state index contributed by atoms with van der Waals surface area (Å²) in [7, 11) is 0. The fraction of sp³-hybridized carbons (Fsp3) is 0.417. The summed E-state index contributed by atoms with van der Waals surface area (Å²) in [4.78, 5) is 11.1. The van der Waals surface area contributed by atoms with Gasteiger partial charge in [0, 0.05) is 24.0 Å². The summed E-state index contributed by atoms with van der Waals surface area (Å²) >= 11 is 0. The van der Waals surface area contributed by atoms with E-state index in [9.17, 15) is 4.79 Å². The van der Waals surface area contributed by atoms with Crippen LogP contribution in [-0.4, -0.2) is 30.3 Å². The molecule has 0 aliphatic carbocycles. The lowest BCUT2D eigenvalue weighted by atomic mass is 10.1. The van der Waals surface area contributed by atoms with E-state index in [4.69, 9.17) is 15.6 Å². The van der Waals surface area contributed by atoms with Crippen LogP contribution in [0.2, 0.25) is 0 Å². The van der Waals surface area contributed by atoms with Gasteiger partial charge in [-0.25, -0.2) is 4.79 Å². The van der Waals surface area contributed by atoms with E-state index in [2.05, 4.69) is 5.32 Å². The van der Waals surface area contributed by atoms with Gasteiger partial charge in [0.2, 0.25) is 0 Å². The summed E-state index contributed by atoms with van der Waals surface area (Å²) in [5.74, 6) is -0.975. The number of aromatic carboxylic acids is 1. The average Bonchev–Trinajstić information content (AvgIpc) is 2.32. The number of benzene rings is 1. The predicted molar refractivity (Wildman–Crippen MR) is 65.3 cm³/mol. The summed E-state index contributed by atoms with van der Waals surface area (Å²) in [5, 5.41) is 12.3. The molecular weight excluding hydrogens is 220 g/mol. The number of carboxylic acids is 1. The molecule has 0 radical (unpaired) electrons. The first-order valence-electron chi connectivity index (χ1n) is 5.64. The molecule has 1 aliphatic heterocycles. The van der Waals surface area contributed by atoms with Crippen molar-refractivity contribution in [3.63, 3.8) is 0 Å². The molecule has 0 amide bonds. The molecule has 1 atom stereocenters. The molecule has 17 heavy (non-hydrogen) atoms. The molecule has 0 saturated carbocycles. The maximum Gasteiger partial charge on any atom is 0.337 e. The van der Waals surface area contributed by atoms with E-state index in [1.807, 2.05) is 0 Å². The van der Waals surface area contributed by atoms with Gasteiger partial charge in [0.25, 0.3) is 0 Å². The summed E-state index contributed by atoms with van der Waals surface area (Å²) < 4.78 is 5.34. The van der Waals surface area contributed by atoms with Gasteiger partial charge in [-0.2, -0.15) is 0 Å². The number of carboxylic acid groups (broad SMARTS) is 1. The maximum atomic E-state index is 11.1. The van der Waals surface area contributed by atoms with Gasteiger partial charge in [0.05, 0.1) is 12.2 Å². The third-order valence-electron chi connectivity index (χ3n) is 2.79. The highest BCUT2D eigenvalue weighted by Crippen LogP contribution is 2.21. The molecule has 4 N–H and O–H groups in total. The van der Waals surface area contributed by atoms with Crippen LogP contribution >= 0.6 is 0 Å². The number of anilines is 2. The highest BCUT2D eigenvalue weighted by atomic mass is 16.5. The molecule has 1 heterocycles. The molecule has 1 aliphatic rings. The Kier molecular flexibility index (Phi) is 3.49. The Bertz CT molecular complexity index is 414. The van der Waals surface area contributed by atoms with Crippen LogP contribution in [0.15, 0.2) is 18.2 Å².